The number of rotatable bonds is 7. The Hall–Kier alpha value is -2.49. The fraction of sp³-hybridized carbons (Fsp3) is 0.500. The molecule has 1 heterocycles. The summed E-state index contributed by atoms with van der Waals surface area (Å²) in [6.45, 7) is 12.4. The Kier molecular flexibility index (Phi) is 7.41. The van der Waals surface area contributed by atoms with Crippen LogP contribution >= 0.6 is 0 Å². The van der Waals surface area contributed by atoms with Crippen molar-refractivity contribution in [3.8, 4) is 5.75 Å². The van der Waals surface area contributed by atoms with Crippen molar-refractivity contribution in [1.29, 1.82) is 0 Å². The number of nitrogens with zero attached hydrogens (tertiary/aromatic N) is 1. The average Bonchev–Trinajstić information content (AvgIpc) is 2.74. The zero-order valence-corrected chi connectivity index (χ0v) is 19.1. The Morgan fingerprint density at radius 3 is 2.27 bits per heavy atom. The maximum atomic E-state index is 12.8. The summed E-state index contributed by atoms with van der Waals surface area (Å²) in [5.41, 5.74) is 4.63. The van der Waals surface area contributed by atoms with E-state index in [0.29, 0.717) is 5.92 Å². The summed E-state index contributed by atoms with van der Waals surface area (Å²) in [5, 5.41) is 3.10. The molecule has 2 unspecified atom stereocenters. The average molecular weight is 409 g/mol. The largest absolute Gasteiger partial charge is 0.481 e. The molecule has 30 heavy (non-hydrogen) atoms. The Bertz CT molecular complexity index is 839. The molecular formula is C26H36N2O2. The van der Waals surface area contributed by atoms with E-state index in [0.717, 1.165) is 35.5 Å². The lowest BCUT2D eigenvalue weighted by atomic mass is 10.0. The van der Waals surface area contributed by atoms with Gasteiger partial charge in [0.2, 0.25) is 0 Å². The monoisotopic (exact) mass is 408 g/mol. The molecule has 0 saturated carbocycles. The van der Waals surface area contributed by atoms with Gasteiger partial charge in [0.05, 0.1) is 6.04 Å². The van der Waals surface area contributed by atoms with Gasteiger partial charge in [0.25, 0.3) is 5.91 Å². The van der Waals surface area contributed by atoms with E-state index in [2.05, 4.69) is 60.5 Å². The first kappa shape index (κ1) is 22.2. The number of piperidine rings is 1. The van der Waals surface area contributed by atoms with E-state index in [4.69, 9.17) is 4.74 Å². The maximum Gasteiger partial charge on any atom is 0.261 e. The van der Waals surface area contributed by atoms with Crippen LogP contribution in [0.2, 0.25) is 0 Å². The molecule has 0 aromatic heterocycles. The van der Waals surface area contributed by atoms with Crippen LogP contribution in [0.3, 0.4) is 0 Å². The van der Waals surface area contributed by atoms with Crippen LogP contribution in [0.25, 0.3) is 0 Å². The first-order valence-corrected chi connectivity index (χ1v) is 11.3. The summed E-state index contributed by atoms with van der Waals surface area (Å²) >= 11 is 0. The van der Waals surface area contributed by atoms with Gasteiger partial charge in [-0.25, -0.2) is 0 Å². The molecule has 4 heteroatoms. The second kappa shape index (κ2) is 10.0. The Labute approximate surface area is 181 Å². The number of nitrogens with one attached hydrogen (secondary N) is 1. The summed E-state index contributed by atoms with van der Waals surface area (Å²) in [7, 11) is 0. The van der Waals surface area contributed by atoms with Crippen LogP contribution in [0.5, 0.6) is 5.75 Å². The number of ether oxygens (including phenoxy) is 1. The first-order valence-electron chi connectivity index (χ1n) is 11.3. The molecule has 0 aliphatic carbocycles. The normalized spacial score (nSPS) is 16.3. The molecule has 162 valence electrons. The van der Waals surface area contributed by atoms with Gasteiger partial charge in [-0.05, 0) is 80.8 Å². The van der Waals surface area contributed by atoms with Crippen molar-refractivity contribution in [3.63, 3.8) is 0 Å². The zero-order valence-electron chi connectivity index (χ0n) is 19.1. The van der Waals surface area contributed by atoms with E-state index in [1.165, 1.54) is 24.9 Å². The molecule has 3 rings (SSSR count). The minimum Gasteiger partial charge on any atom is -0.481 e. The molecule has 0 bridgehead atoms. The van der Waals surface area contributed by atoms with Crippen molar-refractivity contribution in [1.82, 2.24) is 5.32 Å². The number of carbonyl (C=O) groups excluding carboxylic acids is 1. The lowest BCUT2D eigenvalue weighted by Gasteiger charge is -2.29. The van der Waals surface area contributed by atoms with E-state index in [1.807, 2.05) is 26.8 Å². The zero-order chi connectivity index (χ0) is 21.7. The molecule has 2 aromatic rings. The second-order valence-corrected chi connectivity index (χ2v) is 8.83. The summed E-state index contributed by atoms with van der Waals surface area (Å²) in [6, 6.07) is 14.7. The van der Waals surface area contributed by atoms with Gasteiger partial charge in [0, 0.05) is 18.8 Å². The van der Waals surface area contributed by atoms with E-state index in [9.17, 15) is 4.79 Å². The Morgan fingerprint density at radius 1 is 0.967 bits per heavy atom. The minimum atomic E-state index is -0.556. The van der Waals surface area contributed by atoms with Crippen molar-refractivity contribution in [3.05, 3.63) is 59.2 Å². The summed E-state index contributed by atoms with van der Waals surface area (Å²) in [6.07, 6.45) is 3.32. The SMILES string of the molecule is Cc1ccc(C(C)C)c(OC(C)C(=O)NC(C)c2ccc(N3CCCCC3)cc2)c1. The molecule has 0 radical (unpaired) electrons. The van der Waals surface area contributed by atoms with Gasteiger partial charge >= 0.3 is 0 Å². The number of hydrogen-bond donors (Lipinski definition) is 1. The standard InChI is InChI=1S/C26H36N2O2/c1-18(2)24-14-9-19(3)17-25(24)30-21(5)26(29)27-20(4)22-10-12-23(13-11-22)28-15-7-6-8-16-28/h9-14,17-18,20-21H,6-8,15-16H2,1-5H3,(H,27,29). The van der Waals surface area contributed by atoms with Crippen molar-refractivity contribution in [2.45, 2.75) is 71.9 Å². The fourth-order valence-electron chi connectivity index (χ4n) is 4.00. The Balaban J connectivity index is 1.60. The summed E-state index contributed by atoms with van der Waals surface area (Å²) in [4.78, 5) is 15.2. The van der Waals surface area contributed by atoms with Gasteiger partial charge in [0.15, 0.2) is 6.10 Å². The van der Waals surface area contributed by atoms with Crippen molar-refractivity contribution in [2.24, 2.45) is 0 Å². The molecule has 1 amide bonds. The molecule has 2 aromatic carbocycles. The lowest BCUT2D eigenvalue weighted by molar-refractivity contribution is -0.127. The van der Waals surface area contributed by atoms with Gasteiger partial charge in [-0.15, -0.1) is 0 Å². The summed E-state index contributed by atoms with van der Waals surface area (Å²) < 4.78 is 6.07. The van der Waals surface area contributed by atoms with Crippen LogP contribution in [-0.4, -0.2) is 25.1 Å². The molecule has 1 aliphatic heterocycles. The topological polar surface area (TPSA) is 41.6 Å². The van der Waals surface area contributed by atoms with Crippen molar-refractivity contribution in [2.75, 3.05) is 18.0 Å². The first-order chi connectivity index (χ1) is 14.3. The molecule has 4 nitrogen and oxygen atoms in total. The van der Waals surface area contributed by atoms with Gasteiger partial charge in [0.1, 0.15) is 5.75 Å². The molecule has 0 spiro atoms. The molecule has 1 saturated heterocycles. The van der Waals surface area contributed by atoms with Crippen molar-refractivity contribution < 1.29 is 9.53 Å². The molecule has 1 N–H and O–H groups in total. The molecule has 1 aliphatic rings. The van der Waals surface area contributed by atoms with E-state index in [-0.39, 0.29) is 11.9 Å². The van der Waals surface area contributed by atoms with Gasteiger partial charge < -0.3 is 15.0 Å². The third kappa shape index (κ3) is 5.56. The number of carbonyl (C=O) groups is 1. The number of aryl methyl sites for hydroxylation is 1. The number of benzene rings is 2. The van der Waals surface area contributed by atoms with Crippen LogP contribution in [0.15, 0.2) is 42.5 Å². The smallest absolute Gasteiger partial charge is 0.261 e. The summed E-state index contributed by atoms with van der Waals surface area (Å²) in [5.74, 6) is 1.04. The highest BCUT2D eigenvalue weighted by molar-refractivity contribution is 5.81. The Morgan fingerprint density at radius 2 is 1.63 bits per heavy atom. The highest BCUT2D eigenvalue weighted by Gasteiger charge is 2.20. The molecule has 2 atom stereocenters. The predicted molar refractivity (Wildman–Crippen MR) is 124 cm³/mol. The minimum absolute atomic E-state index is 0.0685. The van der Waals surface area contributed by atoms with E-state index < -0.39 is 6.10 Å². The highest BCUT2D eigenvalue weighted by Crippen LogP contribution is 2.28. The third-order valence-corrected chi connectivity index (χ3v) is 5.94. The fourth-order valence-corrected chi connectivity index (χ4v) is 4.00. The van der Waals surface area contributed by atoms with Crippen LogP contribution in [-0.2, 0) is 4.79 Å². The number of hydrogen-bond acceptors (Lipinski definition) is 3. The number of anilines is 1. The van der Waals surface area contributed by atoms with Crippen LogP contribution in [0.1, 0.15) is 75.6 Å². The quantitative estimate of drug-likeness (QED) is 0.634. The number of amides is 1. The predicted octanol–water partition coefficient (Wildman–Crippen LogP) is 5.75. The maximum absolute atomic E-state index is 12.8. The van der Waals surface area contributed by atoms with Crippen LogP contribution in [0, 0.1) is 6.92 Å². The van der Waals surface area contributed by atoms with E-state index in [1.54, 1.807) is 0 Å². The lowest BCUT2D eigenvalue weighted by Crippen LogP contribution is -2.38. The van der Waals surface area contributed by atoms with Gasteiger partial charge in [-0.1, -0.05) is 38.1 Å². The molecule has 1 fully saturated rings. The van der Waals surface area contributed by atoms with E-state index >= 15 is 0 Å². The third-order valence-electron chi connectivity index (χ3n) is 5.94. The highest BCUT2D eigenvalue weighted by atomic mass is 16.5. The van der Waals surface area contributed by atoms with Gasteiger partial charge in [-0.2, -0.15) is 0 Å². The second-order valence-electron chi connectivity index (χ2n) is 8.83. The van der Waals surface area contributed by atoms with Crippen LogP contribution < -0.4 is 15.0 Å². The molecular weight excluding hydrogens is 372 g/mol. The van der Waals surface area contributed by atoms with Crippen molar-refractivity contribution >= 4 is 11.6 Å². The van der Waals surface area contributed by atoms with Crippen LogP contribution in [0.4, 0.5) is 5.69 Å². The van der Waals surface area contributed by atoms with Gasteiger partial charge in [-0.3, -0.25) is 4.79 Å².